The van der Waals surface area contributed by atoms with E-state index in [0.717, 1.165) is 12.8 Å². The molecule has 1 aliphatic carbocycles. The molecule has 62 valence electrons. The van der Waals surface area contributed by atoms with Crippen LogP contribution in [0.2, 0.25) is 0 Å². The fraction of sp³-hybridized carbons (Fsp3) is 0.556. The van der Waals surface area contributed by atoms with Crippen LogP contribution in [0.3, 0.4) is 0 Å². The van der Waals surface area contributed by atoms with Crippen molar-refractivity contribution in [2.75, 3.05) is 0 Å². The van der Waals surface area contributed by atoms with Gasteiger partial charge >= 0.3 is 0 Å². The van der Waals surface area contributed by atoms with Crippen molar-refractivity contribution in [3.63, 3.8) is 0 Å². The summed E-state index contributed by atoms with van der Waals surface area (Å²) in [6.07, 6.45) is 10.3. The molecule has 0 N–H and O–H groups in total. The molecule has 0 aliphatic heterocycles. The summed E-state index contributed by atoms with van der Waals surface area (Å²) in [6.45, 7) is 2.15. The first kappa shape index (κ1) is 9.34. The summed E-state index contributed by atoms with van der Waals surface area (Å²) in [5.41, 5.74) is 0. The number of allylic oxidation sites excluding steroid dienone is 4. The highest BCUT2D eigenvalue weighted by atomic mass is 79.9. The molecule has 0 nitrogen and oxygen atoms in total. The smallest absolute Gasteiger partial charge is 0.0788 e. The summed E-state index contributed by atoms with van der Waals surface area (Å²) < 4.78 is 0. The second-order valence-corrected chi connectivity index (χ2v) is 4.51. The number of hydrogen-bond acceptors (Lipinski definition) is 0. The van der Waals surface area contributed by atoms with Crippen LogP contribution in [0.5, 0.6) is 0 Å². The Labute approximate surface area is 81.4 Å². The molecular weight excluding hydrogens is 223 g/mol. The molecule has 0 amide bonds. The van der Waals surface area contributed by atoms with Gasteiger partial charge in [0.15, 0.2) is 0 Å². The van der Waals surface area contributed by atoms with Crippen molar-refractivity contribution in [2.45, 2.75) is 29.5 Å². The Morgan fingerprint density at radius 2 is 2.27 bits per heavy atom. The quantitative estimate of drug-likeness (QED) is 0.641. The number of hydrogen-bond donors (Lipinski definition) is 0. The molecule has 1 rings (SSSR count). The SMILES string of the molecule is CCCC1(Cl)C=CC=CC1Br. The van der Waals surface area contributed by atoms with Gasteiger partial charge in [0.05, 0.1) is 9.70 Å². The maximum Gasteiger partial charge on any atom is 0.0788 e. The Bertz CT molecular complexity index is 186. The lowest BCUT2D eigenvalue weighted by atomic mass is 9.95. The minimum Gasteiger partial charge on any atom is -0.113 e. The molecule has 11 heavy (non-hydrogen) atoms. The van der Waals surface area contributed by atoms with Gasteiger partial charge in [0, 0.05) is 0 Å². The molecule has 0 aromatic heterocycles. The van der Waals surface area contributed by atoms with Crippen LogP contribution >= 0.6 is 27.5 Å². The second-order valence-electron chi connectivity index (χ2n) is 2.82. The van der Waals surface area contributed by atoms with Gasteiger partial charge in [0.25, 0.3) is 0 Å². The highest BCUT2D eigenvalue weighted by molar-refractivity contribution is 9.09. The van der Waals surface area contributed by atoms with E-state index in [9.17, 15) is 0 Å². The number of halogens is 2. The largest absolute Gasteiger partial charge is 0.113 e. The van der Waals surface area contributed by atoms with Crippen LogP contribution in [0, 0.1) is 0 Å². The molecule has 0 spiro atoms. The first-order valence-electron chi connectivity index (χ1n) is 3.88. The zero-order valence-corrected chi connectivity index (χ0v) is 8.90. The fourth-order valence-electron chi connectivity index (χ4n) is 1.23. The molecule has 2 atom stereocenters. The van der Waals surface area contributed by atoms with E-state index in [1.165, 1.54) is 0 Å². The molecule has 0 radical (unpaired) electrons. The average Bonchev–Trinajstić information content (AvgIpc) is 1.96. The van der Waals surface area contributed by atoms with Crippen LogP contribution < -0.4 is 0 Å². The average molecular weight is 236 g/mol. The van der Waals surface area contributed by atoms with Crippen molar-refractivity contribution in [2.24, 2.45) is 0 Å². The maximum absolute atomic E-state index is 6.34. The van der Waals surface area contributed by atoms with E-state index in [1.54, 1.807) is 0 Å². The van der Waals surface area contributed by atoms with Crippen LogP contribution in [-0.4, -0.2) is 9.70 Å². The van der Waals surface area contributed by atoms with E-state index in [4.69, 9.17) is 11.6 Å². The highest BCUT2D eigenvalue weighted by Gasteiger charge is 2.30. The molecule has 0 saturated heterocycles. The Morgan fingerprint density at radius 1 is 1.55 bits per heavy atom. The van der Waals surface area contributed by atoms with Gasteiger partial charge in [0.2, 0.25) is 0 Å². The van der Waals surface area contributed by atoms with Crippen molar-refractivity contribution < 1.29 is 0 Å². The maximum atomic E-state index is 6.34. The minimum atomic E-state index is -0.191. The number of alkyl halides is 2. The molecule has 0 bridgehead atoms. The third kappa shape index (κ3) is 2.09. The molecule has 0 saturated carbocycles. The van der Waals surface area contributed by atoms with E-state index in [2.05, 4.69) is 35.0 Å². The van der Waals surface area contributed by atoms with Crippen molar-refractivity contribution >= 4 is 27.5 Å². The molecule has 2 heteroatoms. The van der Waals surface area contributed by atoms with Gasteiger partial charge in [-0.1, -0.05) is 53.6 Å². The minimum absolute atomic E-state index is 0.191. The molecule has 2 unspecified atom stereocenters. The summed E-state index contributed by atoms with van der Waals surface area (Å²) in [7, 11) is 0. The zero-order valence-electron chi connectivity index (χ0n) is 6.56. The van der Waals surface area contributed by atoms with Crippen molar-refractivity contribution in [3.05, 3.63) is 24.3 Å². The monoisotopic (exact) mass is 234 g/mol. The van der Waals surface area contributed by atoms with Gasteiger partial charge in [-0.05, 0) is 6.42 Å². The highest BCUT2D eigenvalue weighted by Crippen LogP contribution is 2.35. The normalized spacial score (nSPS) is 36.1. The van der Waals surface area contributed by atoms with Crippen LogP contribution in [0.1, 0.15) is 19.8 Å². The summed E-state index contributed by atoms with van der Waals surface area (Å²) in [4.78, 5) is 0.0883. The predicted octanol–water partition coefficient (Wildman–Crippen LogP) is 3.65. The van der Waals surface area contributed by atoms with Crippen LogP contribution in [-0.2, 0) is 0 Å². The zero-order chi connectivity index (χ0) is 8.32. The molecular formula is C9H12BrCl. The fourth-order valence-corrected chi connectivity index (χ4v) is 2.13. The molecule has 1 aliphatic rings. The van der Waals surface area contributed by atoms with Gasteiger partial charge in [-0.3, -0.25) is 0 Å². The summed E-state index contributed by atoms with van der Waals surface area (Å²) in [6, 6.07) is 0. The summed E-state index contributed by atoms with van der Waals surface area (Å²) >= 11 is 9.88. The lowest BCUT2D eigenvalue weighted by Crippen LogP contribution is -2.30. The third-order valence-corrected chi connectivity index (χ3v) is 3.79. The Morgan fingerprint density at radius 3 is 2.82 bits per heavy atom. The number of rotatable bonds is 2. The molecule has 0 aromatic carbocycles. The van der Waals surface area contributed by atoms with E-state index in [0.29, 0.717) is 0 Å². The lowest BCUT2D eigenvalue weighted by Gasteiger charge is -2.28. The van der Waals surface area contributed by atoms with Crippen molar-refractivity contribution in [3.8, 4) is 0 Å². The van der Waals surface area contributed by atoms with Gasteiger partial charge in [-0.15, -0.1) is 11.6 Å². The Hall–Kier alpha value is 0.250. The van der Waals surface area contributed by atoms with Gasteiger partial charge in [-0.2, -0.15) is 0 Å². The summed E-state index contributed by atoms with van der Waals surface area (Å²) in [5.74, 6) is 0. The Balaban J connectivity index is 2.68. The van der Waals surface area contributed by atoms with Crippen LogP contribution in [0.25, 0.3) is 0 Å². The predicted molar refractivity (Wildman–Crippen MR) is 54.5 cm³/mol. The first-order valence-corrected chi connectivity index (χ1v) is 5.17. The van der Waals surface area contributed by atoms with E-state index in [-0.39, 0.29) is 9.70 Å². The molecule has 0 aromatic rings. The molecule has 0 heterocycles. The lowest BCUT2D eigenvalue weighted by molar-refractivity contribution is 0.636. The topological polar surface area (TPSA) is 0 Å². The van der Waals surface area contributed by atoms with Crippen molar-refractivity contribution in [1.82, 2.24) is 0 Å². The van der Waals surface area contributed by atoms with Crippen molar-refractivity contribution in [1.29, 1.82) is 0 Å². The first-order chi connectivity index (χ1) is 5.19. The van der Waals surface area contributed by atoms with Gasteiger partial charge in [-0.25, -0.2) is 0 Å². The standard InChI is InChI=1S/C9H12BrCl/c1-2-6-9(11)7-4-3-5-8(9)10/h3-5,7-8H,2,6H2,1H3. The Kier molecular flexibility index (Phi) is 3.20. The van der Waals surface area contributed by atoms with E-state index < -0.39 is 0 Å². The van der Waals surface area contributed by atoms with Crippen LogP contribution in [0.15, 0.2) is 24.3 Å². The van der Waals surface area contributed by atoms with Crippen LogP contribution in [0.4, 0.5) is 0 Å². The van der Waals surface area contributed by atoms with E-state index in [1.807, 2.05) is 12.2 Å². The van der Waals surface area contributed by atoms with Gasteiger partial charge in [0.1, 0.15) is 0 Å². The second kappa shape index (κ2) is 3.77. The third-order valence-electron chi connectivity index (χ3n) is 1.86. The van der Waals surface area contributed by atoms with Gasteiger partial charge < -0.3 is 0 Å². The summed E-state index contributed by atoms with van der Waals surface area (Å²) in [5, 5.41) is 0. The molecule has 0 fully saturated rings. The van der Waals surface area contributed by atoms with E-state index >= 15 is 0 Å².